The van der Waals surface area contributed by atoms with Crippen molar-refractivity contribution in [2.75, 3.05) is 7.05 Å². The lowest BCUT2D eigenvalue weighted by Crippen LogP contribution is -2.22. The first-order valence-electron chi connectivity index (χ1n) is 6.29. The Labute approximate surface area is 122 Å². The Balaban J connectivity index is 2.31. The molecule has 1 N–H and O–H groups in total. The number of halogens is 1. The summed E-state index contributed by atoms with van der Waals surface area (Å²) in [7, 11) is 5.94. The van der Waals surface area contributed by atoms with Gasteiger partial charge in [-0.05, 0) is 42.9 Å². The normalized spacial score (nSPS) is 12.9. The van der Waals surface area contributed by atoms with Crippen LogP contribution < -0.4 is 5.32 Å². The first-order chi connectivity index (χ1) is 8.93. The molecule has 2 rings (SSSR count). The topological polar surface area (TPSA) is 47.7 Å². The standard InChI is InChI=1S/C13H20BrN5/c1-8-6-11(18(4)16-8)10(15-3)7-12-13(14)9(2)17-19(12)5/h6,10,15H,7H2,1-5H3. The smallest absolute Gasteiger partial charge is 0.0738 e. The number of nitrogens with one attached hydrogen (secondary N) is 1. The molecule has 1 atom stereocenters. The van der Waals surface area contributed by atoms with E-state index in [1.54, 1.807) is 0 Å². The average molecular weight is 326 g/mol. The Morgan fingerprint density at radius 3 is 2.37 bits per heavy atom. The highest BCUT2D eigenvalue weighted by molar-refractivity contribution is 9.10. The predicted octanol–water partition coefficient (Wildman–Crippen LogP) is 2.04. The van der Waals surface area contributed by atoms with E-state index in [-0.39, 0.29) is 6.04 Å². The summed E-state index contributed by atoms with van der Waals surface area (Å²) in [4.78, 5) is 0. The Kier molecular flexibility index (Phi) is 4.10. The van der Waals surface area contributed by atoms with E-state index >= 15 is 0 Å². The summed E-state index contributed by atoms with van der Waals surface area (Å²) in [5, 5.41) is 12.2. The summed E-state index contributed by atoms with van der Waals surface area (Å²) in [6, 6.07) is 2.34. The van der Waals surface area contributed by atoms with Gasteiger partial charge in [0.25, 0.3) is 0 Å². The summed E-state index contributed by atoms with van der Waals surface area (Å²) >= 11 is 3.62. The van der Waals surface area contributed by atoms with Crippen LogP contribution in [-0.4, -0.2) is 26.6 Å². The van der Waals surface area contributed by atoms with Gasteiger partial charge in [-0.1, -0.05) is 0 Å². The van der Waals surface area contributed by atoms with Gasteiger partial charge < -0.3 is 5.32 Å². The molecule has 1 unspecified atom stereocenters. The van der Waals surface area contributed by atoms with Crippen molar-refractivity contribution in [3.8, 4) is 0 Å². The molecule has 5 nitrogen and oxygen atoms in total. The van der Waals surface area contributed by atoms with E-state index in [1.807, 2.05) is 44.4 Å². The second-order valence-corrected chi connectivity index (χ2v) is 5.64. The van der Waals surface area contributed by atoms with Crippen LogP contribution in [0.2, 0.25) is 0 Å². The molecule has 104 valence electrons. The van der Waals surface area contributed by atoms with Crippen LogP contribution in [0.25, 0.3) is 0 Å². The number of nitrogens with zero attached hydrogens (tertiary/aromatic N) is 4. The van der Waals surface area contributed by atoms with Gasteiger partial charge in [-0.25, -0.2) is 0 Å². The molecule has 0 fully saturated rings. The molecule has 6 heteroatoms. The number of hydrogen-bond donors (Lipinski definition) is 1. The van der Waals surface area contributed by atoms with Crippen LogP contribution in [-0.2, 0) is 20.5 Å². The molecule has 2 aromatic heterocycles. The number of aryl methyl sites for hydroxylation is 4. The molecular weight excluding hydrogens is 306 g/mol. The van der Waals surface area contributed by atoms with Gasteiger partial charge >= 0.3 is 0 Å². The Hall–Kier alpha value is -1.14. The van der Waals surface area contributed by atoms with Crippen LogP contribution in [0, 0.1) is 13.8 Å². The van der Waals surface area contributed by atoms with Gasteiger partial charge in [0.2, 0.25) is 0 Å². The fraction of sp³-hybridized carbons (Fsp3) is 0.538. The number of hydrogen-bond acceptors (Lipinski definition) is 3. The van der Waals surface area contributed by atoms with Gasteiger partial charge in [-0.3, -0.25) is 9.36 Å². The Morgan fingerprint density at radius 1 is 1.26 bits per heavy atom. The van der Waals surface area contributed by atoms with Gasteiger partial charge in [0, 0.05) is 20.5 Å². The second kappa shape index (κ2) is 5.46. The maximum atomic E-state index is 4.44. The van der Waals surface area contributed by atoms with Crippen molar-refractivity contribution >= 4 is 15.9 Å². The number of aromatic nitrogens is 4. The predicted molar refractivity (Wildman–Crippen MR) is 79.1 cm³/mol. The minimum absolute atomic E-state index is 0.220. The van der Waals surface area contributed by atoms with Crippen molar-refractivity contribution in [3.05, 3.63) is 33.3 Å². The minimum atomic E-state index is 0.220. The molecule has 0 aliphatic heterocycles. The summed E-state index contributed by atoms with van der Waals surface area (Å²) in [5.74, 6) is 0. The van der Waals surface area contributed by atoms with Crippen LogP contribution in [0.5, 0.6) is 0 Å². The highest BCUT2D eigenvalue weighted by Crippen LogP contribution is 2.26. The summed E-state index contributed by atoms with van der Waals surface area (Å²) < 4.78 is 4.97. The van der Waals surface area contributed by atoms with Crippen molar-refractivity contribution in [1.29, 1.82) is 0 Å². The van der Waals surface area contributed by atoms with Gasteiger partial charge in [-0.15, -0.1) is 0 Å². The second-order valence-electron chi connectivity index (χ2n) is 4.85. The van der Waals surface area contributed by atoms with E-state index in [0.29, 0.717) is 0 Å². The molecule has 0 saturated heterocycles. The average Bonchev–Trinajstić information content (AvgIpc) is 2.79. The quantitative estimate of drug-likeness (QED) is 0.935. The molecule has 0 aliphatic rings. The molecule has 0 aliphatic carbocycles. The van der Waals surface area contributed by atoms with Gasteiger partial charge in [-0.2, -0.15) is 10.2 Å². The summed E-state index contributed by atoms with van der Waals surface area (Å²) in [5.41, 5.74) is 4.44. The van der Waals surface area contributed by atoms with E-state index in [9.17, 15) is 0 Å². The van der Waals surface area contributed by atoms with Crippen molar-refractivity contribution < 1.29 is 0 Å². The van der Waals surface area contributed by atoms with Crippen molar-refractivity contribution in [2.45, 2.75) is 26.3 Å². The summed E-state index contributed by atoms with van der Waals surface area (Å²) in [6.07, 6.45) is 0.868. The van der Waals surface area contributed by atoms with Crippen LogP contribution in [0.15, 0.2) is 10.5 Å². The van der Waals surface area contributed by atoms with Crippen LogP contribution in [0.3, 0.4) is 0 Å². The monoisotopic (exact) mass is 325 g/mol. The van der Waals surface area contributed by atoms with E-state index in [1.165, 1.54) is 11.4 Å². The molecule has 2 aromatic rings. The van der Waals surface area contributed by atoms with Gasteiger partial charge in [0.05, 0.1) is 33.3 Å². The number of rotatable bonds is 4. The Morgan fingerprint density at radius 2 is 1.95 bits per heavy atom. The molecular formula is C13H20BrN5. The zero-order chi connectivity index (χ0) is 14.2. The number of likely N-dealkylation sites (N-methyl/N-ethyl adjacent to an activating group) is 1. The maximum absolute atomic E-state index is 4.44. The van der Waals surface area contributed by atoms with Crippen molar-refractivity contribution in [3.63, 3.8) is 0 Å². The van der Waals surface area contributed by atoms with Gasteiger partial charge in [0.15, 0.2) is 0 Å². The van der Waals surface area contributed by atoms with E-state index < -0.39 is 0 Å². The zero-order valence-corrected chi connectivity index (χ0v) is 13.6. The largest absolute Gasteiger partial charge is 0.311 e. The third kappa shape index (κ3) is 2.74. The lowest BCUT2D eigenvalue weighted by Gasteiger charge is -2.17. The van der Waals surface area contributed by atoms with Crippen molar-refractivity contribution in [1.82, 2.24) is 24.9 Å². The third-order valence-corrected chi connectivity index (χ3v) is 4.43. The highest BCUT2D eigenvalue weighted by Gasteiger charge is 2.19. The van der Waals surface area contributed by atoms with Gasteiger partial charge in [0.1, 0.15) is 0 Å². The minimum Gasteiger partial charge on any atom is -0.311 e. The molecule has 0 saturated carbocycles. The lowest BCUT2D eigenvalue weighted by atomic mass is 10.1. The first-order valence-corrected chi connectivity index (χ1v) is 7.09. The van der Waals surface area contributed by atoms with Crippen molar-refractivity contribution in [2.24, 2.45) is 14.1 Å². The molecule has 0 amide bonds. The summed E-state index contributed by atoms with van der Waals surface area (Å²) in [6.45, 7) is 4.02. The van der Waals surface area contributed by atoms with Crippen LogP contribution in [0.1, 0.15) is 28.8 Å². The third-order valence-electron chi connectivity index (χ3n) is 3.40. The maximum Gasteiger partial charge on any atom is 0.0738 e. The fourth-order valence-electron chi connectivity index (χ4n) is 2.41. The van der Waals surface area contributed by atoms with Crippen LogP contribution in [0.4, 0.5) is 0 Å². The fourth-order valence-corrected chi connectivity index (χ4v) is 2.90. The first kappa shape index (κ1) is 14.3. The molecule has 0 radical (unpaired) electrons. The molecule has 0 spiro atoms. The van der Waals surface area contributed by atoms with E-state index in [0.717, 1.165) is 22.3 Å². The Bertz CT molecular complexity index is 584. The molecule has 0 aromatic carbocycles. The van der Waals surface area contributed by atoms with E-state index in [4.69, 9.17) is 0 Å². The van der Waals surface area contributed by atoms with E-state index in [2.05, 4.69) is 37.5 Å². The SMILES string of the molecule is CNC(Cc1c(Br)c(C)nn1C)c1cc(C)nn1C. The molecule has 2 heterocycles. The highest BCUT2D eigenvalue weighted by atomic mass is 79.9. The lowest BCUT2D eigenvalue weighted by molar-refractivity contribution is 0.518. The van der Waals surface area contributed by atoms with Crippen LogP contribution >= 0.6 is 15.9 Å². The zero-order valence-electron chi connectivity index (χ0n) is 12.0. The molecule has 19 heavy (non-hydrogen) atoms. The molecule has 0 bridgehead atoms.